The van der Waals surface area contributed by atoms with E-state index in [-0.39, 0.29) is 36.3 Å². The number of thiol groups is 1. The Kier molecular flexibility index (Phi) is 11.2. The molecule has 1 spiro atoms. The second-order valence-corrected chi connectivity index (χ2v) is 15.1. The standard InChI is InChI=1S/C28H33F5N2O2.C6H14.CH4S/c1-14(2)23-21-22(20-18(35-23)11-25(4,5)12-19(20)36)27(9-8-26(29,30)10-15(27)3)37-24(21)17-7-6-16(13-34-17)28(31,32)33;1-5-6(2,3)4;1-2/h6-7,13-15,19,24,36H,8-12H2,1-5H3;5H2,1-4H3;2H,1H3. The average molecular weight is 659 g/mol. The number of hydrogen-bond donors (Lipinski definition) is 2. The Balaban J connectivity index is 0.000000620. The van der Waals surface area contributed by atoms with Crippen molar-refractivity contribution in [1.29, 1.82) is 0 Å². The van der Waals surface area contributed by atoms with Gasteiger partial charge >= 0.3 is 6.18 Å². The molecular weight excluding hydrogens is 607 g/mol. The Morgan fingerprint density at radius 2 is 1.64 bits per heavy atom. The van der Waals surface area contributed by atoms with E-state index in [4.69, 9.17) is 9.72 Å². The molecule has 1 saturated carbocycles. The molecule has 1 fully saturated rings. The number of alkyl halides is 5. The van der Waals surface area contributed by atoms with Gasteiger partial charge in [-0.25, -0.2) is 8.78 Å². The molecule has 0 radical (unpaired) electrons. The minimum atomic E-state index is -4.54. The lowest BCUT2D eigenvalue weighted by molar-refractivity contribution is -0.173. The van der Waals surface area contributed by atoms with Crippen LogP contribution in [0.3, 0.4) is 0 Å². The van der Waals surface area contributed by atoms with Crippen molar-refractivity contribution in [3.8, 4) is 0 Å². The summed E-state index contributed by atoms with van der Waals surface area (Å²) in [5.41, 5.74) is 2.09. The fourth-order valence-electron chi connectivity index (χ4n) is 6.63. The number of ether oxygens (including phenoxy) is 1. The van der Waals surface area contributed by atoms with Crippen LogP contribution in [0.25, 0.3) is 0 Å². The zero-order chi connectivity index (χ0) is 34.3. The fourth-order valence-corrected chi connectivity index (χ4v) is 6.63. The third kappa shape index (κ3) is 8.03. The van der Waals surface area contributed by atoms with Gasteiger partial charge in [0.2, 0.25) is 5.92 Å². The highest BCUT2D eigenvalue weighted by atomic mass is 32.1. The van der Waals surface area contributed by atoms with E-state index >= 15 is 0 Å². The first kappa shape index (κ1) is 37.7. The first-order chi connectivity index (χ1) is 20.6. The number of aromatic nitrogens is 2. The highest BCUT2D eigenvalue weighted by Gasteiger charge is 2.58. The van der Waals surface area contributed by atoms with Crippen molar-refractivity contribution in [2.24, 2.45) is 16.7 Å². The number of nitrogens with zero attached hydrogens (tertiary/aromatic N) is 2. The maximum atomic E-state index is 14.5. The van der Waals surface area contributed by atoms with Gasteiger partial charge in [-0.1, -0.05) is 68.7 Å². The number of rotatable bonds is 2. The minimum absolute atomic E-state index is 0.0371. The number of aliphatic hydroxyl groups excluding tert-OH is 1. The summed E-state index contributed by atoms with van der Waals surface area (Å²) in [6, 6.07) is 2.26. The smallest absolute Gasteiger partial charge is 0.388 e. The SMILES string of the molecule is CC(C)c1nc2c(c3c1C(c1ccc(C(F)(F)F)cn1)OC31CCC(F)(F)CC1C)C(O)CC(C)(C)C2.CCC(C)(C)C.CS. The molecular formula is C35H51F5N2O2S. The second kappa shape index (κ2) is 13.4. The van der Waals surface area contributed by atoms with Gasteiger partial charge in [0, 0.05) is 41.6 Å². The largest absolute Gasteiger partial charge is 0.417 e. The number of hydrogen-bond acceptors (Lipinski definition) is 5. The Morgan fingerprint density at radius 3 is 2.11 bits per heavy atom. The van der Waals surface area contributed by atoms with Crippen LogP contribution in [0.4, 0.5) is 22.0 Å². The van der Waals surface area contributed by atoms with Crippen LogP contribution in [0, 0.1) is 16.7 Å². The molecule has 10 heteroatoms. The number of pyridine rings is 2. The van der Waals surface area contributed by atoms with E-state index in [1.165, 1.54) is 12.5 Å². The lowest BCUT2D eigenvalue weighted by atomic mass is 9.65. The predicted molar refractivity (Wildman–Crippen MR) is 172 cm³/mol. The van der Waals surface area contributed by atoms with Crippen molar-refractivity contribution < 1.29 is 31.8 Å². The lowest BCUT2D eigenvalue weighted by Gasteiger charge is -2.45. The third-order valence-electron chi connectivity index (χ3n) is 9.37. The molecule has 4 nitrogen and oxygen atoms in total. The van der Waals surface area contributed by atoms with Crippen molar-refractivity contribution in [2.45, 2.75) is 137 Å². The summed E-state index contributed by atoms with van der Waals surface area (Å²) in [5, 5.41) is 11.4. The van der Waals surface area contributed by atoms with Gasteiger partial charge in [-0.2, -0.15) is 25.8 Å². The molecule has 4 unspecified atom stereocenters. The van der Waals surface area contributed by atoms with Crippen molar-refractivity contribution in [3.05, 3.63) is 57.7 Å². The summed E-state index contributed by atoms with van der Waals surface area (Å²) in [7, 11) is 0. The van der Waals surface area contributed by atoms with E-state index in [1.54, 1.807) is 13.2 Å². The van der Waals surface area contributed by atoms with Gasteiger partial charge in [0.05, 0.1) is 23.0 Å². The molecule has 0 aromatic carbocycles. The summed E-state index contributed by atoms with van der Waals surface area (Å²) in [6.45, 7) is 18.7. The maximum Gasteiger partial charge on any atom is 0.417 e. The summed E-state index contributed by atoms with van der Waals surface area (Å²) in [6.07, 6.45) is -2.13. The lowest BCUT2D eigenvalue weighted by Crippen LogP contribution is -2.44. The van der Waals surface area contributed by atoms with Crippen LogP contribution in [-0.4, -0.2) is 27.3 Å². The fraction of sp³-hybridized carbons (Fsp3) is 0.714. The topological polar surface area (TPSA) is 55.2 Å². The summed E-state index contributed by atoms with van der Waals surface area (Å²) < 4.78 is 75.5. The molecule has 254 valence electrons. The maximum absolute atomic E-state index is 14.5. The first-order valence-corrected chi connectivity index (χ1v) is 16.8. The van der Waals surface area contributed by atoms with E-state index < -0.39 is 41.4 Å². The molecule has 2 aliphatic carbocycles. The van der Waals surface area contributed by atoms with Crippen LogP contribution in [0.1, 0.15) is 152 Å². The van der Waals surface area contributed by atoms with E-state index in [1.807, 2.05) is 13.8 Å². The van der Waals surface area contributed by atoms with Gasteiger partial charge in [-0.3, -0.25) is 9.97 Å². The molecule has 2 aromatic rings. The summed E-state index contributed by atoms with van der Waals surface area (Å²) >= 11 is 3.53. The molecule has 5 rings (SSSR count). The quantitative estimate of drug-likeness (QED) is 0.249. The minimum Gasteiger partial charge on any atom is -0.388 e. The van der Waals surface area contributed by atoms with E-state index in [0.29, 0.717) is 40.6 Å². The number of aliphatic hydroxyl groups is 1. The van der Waals surface area contributed by atoms with Gasteiger partial charge in [0.1, 0.15) is 6.10 Å². The Bertz CT molecular complexity index is 1320. The molecule has 3 heterocycles. The van der Waals surface area contributed by atoms with E-state index in [2.05, 4.69) is 59.2 Å². The number of halogens is 5. The molecule has 45 heavy (non-hydrogen) atoms. The molecule has 1 N–H and O–H groups in total. The predicted octanol–water partition coefficient (Wildman–Crippen LogP) is 10.4. The van der Waals surface area contributed by atoms with Gasteiger partial charge < -0.3 is 9.84 Å². The number of fused-ring (bicyclic) bond motifs is 4. The monoisotopic (exact) mass is 658 g/mol. The third-order valence-corrected chi connectivity index (χ3v) is 9.37. The zero-order valence-corrected chi connectivity index (χ0v) is 29.3. The Labute approximate surface area is 271 Å². The average Bonchev–Trinajstić information content (AvgIpc) is 3.26. The zero-order valence-electron chi connectivity index (χ0n) is 28.4. The van der Waals surface area contributed by atoms with Crippen molar-refractivity contribution in [1.82, 2.24) is 9.97 Å². The molecule has 3 aliphatic rings. The summed E-state index contributed by atoms with van der Waals surface area (Å²) in [4.78, 5) is 9.13. The van der Waals surface area contributed by atoms with E-state index in [0.717, 1.165) is 18.0 Å². The van der Waals surface area contributed by atoms with Crippen LogP contribution in [-0.2, 0) is 22.9 Å². The molecule has 0 bridgehead atoms. The van der Waals surface area contributed by atoms with Gasteiger partial charge in [0.15, 0.2) is 0 Å². The van der Waals surface area contributed by atoms with Crippen LogP contribution in [0.5, 0.6) is 0 Å². The van der Waals surface area contributed by atoms with Crippen molar-refractivity contribution in [3.63, 3.8) is 0 Å². The molecule has 0 saturated heterocycles. The summed E-state index contributed by atoms with van der Waals surface area (Å²) in [5.74, 6) is -3.51. The molecule has 4 atom stereocenters. The van der Waals surface area contributed by atoms with Gasteiger partial charge in [-0.05, 0) is 65.9 Å². The van der Waals surface area contributed by atoms with Crippen molar-refractivity contribution in [2.75, 3.05) is 6.26 Å². The highest BCUT2D eigenvalue weighted by molar-refractivity contribution is 7.79. The van der Waals surface area contributed by atoms with Crippen LogP contribution < -0.4 is 0 Å². The normalized spacial score (nSPS) is 26.8. The molecule has 2 aromatic heterocycles. The van der Waals surface area contributed by atoms with Crippen LogP contribution in [0.2, 0.25) is 0 Å². The van der Waals surface area contributed by atoms with Gasteiger partial charge in [-0.15, -0.1) is 0 Å². The van der Waals surface area contributed by atoms with Crippen LogP contribution in [0.15, 0.2) is 18.3 Å². The van der Waals surface area contributed by atoms with Crippen LogP contribution >= 0.6 is 12.6 Å². The molecule has 1 aliphatic heterocycles. The Hall–Kier alpha value is -1.78. The van der Waals surface area contributed by atoms with E-state index in [9.17, 15) is 27.1 Å². The Morgan fingerprint density at radius 1 is 1.04 bits per heavy atom. The van der Waals surface area contributed by atoms with Crippen molar-refractivity contribution >= 4 is 12.6 Å². The van der Waals surface area contributed by atoms with Gasteiger partial charge in [0.25, 0.3) is 0 Å². The second-order valence-electron chi connectivity index (χ2n) is 15.1. The highest BCUT2D eigenvalue weighted by Crippen LogP contribution is 2.61. The first-order valence-electron chi connectivity index (χ1n) is 15.9. The molecule has 0 amide bonds.